The molecule has 104 valence electrons. The van der Waals surface area contributed by atoms with E-state index in [1.807, 2.05) is 19.9 Å². The van der Waals surface area contributed by atoms with E-state index >= 15 is 0 Å². The van der Waals surface area contributed by atoms with E-state index in [9.17, 15) is 9.90 Å². The van der Waals surface area contributed by atoms with Gasteiger partial charge in [-0.15, -0.1) is 0 Å². The van der Waals surface area contributed by atoms with E-state index < -0.39 is 5.54 Å². The molecule has 1 amide bonds. The highest BCUT2D eigenvalue weighted by molar-refractivity contribution is 5.79. The summed E-state index contributed by atoms with van der Waals surface area (Å²) in [5, 5.41) is 12.2. The molecule has 0 spiro atoms. The fourth-order valence-corrected chi connectivity index (χ4v) is 2.54. The number of benzene rings is 1. The van der Waals surface area contributed by atoms with Gasteiger partial charge in [-0.1, -0.05) is 25.1 Å². The summed E-state index contributed by atoms with van der Waals surface area (Å²) in [4.78, 5) is 12.0. The second-order valence-corrected chi connectivity index (χ2v) is 5.75. The second kappa shape index (κ2) is 5.74. The highest BCUT2D eigenvalue weighted by atomic mass is 16.3. The van der Waals surface area contributed by atoms with Gasteiger partial charge in [-0.2, -0.15) is 0 Å². The van der Waals surface area contributed by atoms with Crippen molar-refractivity contribution in [1.82, 2.24) is 5.32 Å². The van der Waals surface area contributed by atoms with Crippen LogP contribution in [0.15, 0.2) is 18.2 Å². The van der Waals surface area contributed by atoms with E-state index in [4.69, 9.17) is 0 Å². The van der Waals surface area contributed by atoms with E-state index in [2.05, 4.69) is 17.4 Å². The largest absolute Gasteiger partial charge is 0.394 e. The van der Waals surface area contributed by atoms with Crippen molar-refractivity contribution in [2.75, 3.05) is 6.61 Å². The van der Waals surface area contributed by atoms with Crippen LogP contribution in [0.5, 0.6) is 0 Å². The van der Waals surface area contributed by atoms with Gasteiger partial charge in [0.05, 0.1) is 18.6 Å². The molecule has 1 aliphatic rings. The molecule has 0 radical (unpaired) electrons. The van der Waals surface area contributed by atoms with Crippen LogP contribution < -0.4 is 5.32 Å². The molecule has 1 aromatic carbocycles. The predicted octanol–water partition coefficient (Wildman–Crippen LogP) is 2.00. The molecule has 2 N–H and O–H groups in total. The lowest BCUT2D eigenvalue weighted by atomic mass is 9.99. The van der Waals surface area contributed by atoms with Gasteiger partial charge in [-0.25, -0.2) is 0 Å². The summed E-state index contributed by atoms with van der Waals surface area (Å²) < 4.78 is 0. The molecule has 3 heteroatoms. The van der Waals surface area contributed by atoms with Gasteiger partial charge in [0.1, 0.15) is 0 Å². The third-order valence-corrected chi connectivity index (χ3v) is 4.10. The van der Waals surface area contributed by atoms with E-state index in [0.29, 0.717) is 6.42 Å². The summed E-state index contributed by atoms with van der Waals surface area (Å²) in [6.07, 6.45) is 4.64. The molecule has 3 nitrogen and oxygen atoms in total. The monoisotopic (exact) mass is 261 g/mol. The molecule has 0 saturated heterocycles. The van der Waals surface area contributed by atoms with Crippen molar-refractivity contribution in [3.63, 3.8) is 0 Å². The molecule has 1 unspecified atom stereocenters. The minimum Gasteiger partial charge on any atom is -0.394 e. The quantitative estimate of drug-likeness (QED) is 0.851. The van der Waals surface area contributed by atoms with Crippen molar-refractivity contribution < 1.29 is 9.90 Å². The first-order valence-corrected chi connectivity index (χ1v) is 7.09. The Kier molecular flexibility index (Phi) is 4.25. The number of hydrogen-bond donors (Lipinski definition) is 2. The maximum atomic E-state index is 12.0. The first kappa shape index (κ1) is 14.1. The van der Waals surface area contributed by atoms with Gasteiger partial charge in [0.15, 0.2) is 0 Å². The highest BCUT2D eigenvalue weighted by Gasteiger charge is 2.23. The Labute approximate surface area is 115 Å². The van der Waals surface area contributed by atoms with Gasteiger partial charge in [0.2, 0.25) is 5.91 Å². The zero-order valence-electron chi connectivity index (χ0n) is 11.8. The number of nitrogens with one attached hydrogen (secondary N) is 1. The van der Waals surface area contributed by atoms with Gasteiger partial charge >= 0.3 is 0 Å². The molecular weight excluding hydrogens is 238 g/mol. The molecule has 0 aromatic heterocycles. The minimum atomic E-state index is -0.506. The number of aliphatic hydroxyl groups excluding tert-OH is 1. The topological polar surface area (TPSA) is 49.3 Å². The molecule has 1 aliphatic carbocycles. The van der Waals surface area contributed by atoms with Crippen LogP contribution in [0.1, 0.15) is 43.4 Å². The van der Waals surface area contributed by atoms with Crippen molar-refractivity contribution in [1.29, 1.82) is 0 Å². The minimum absolute atomic E-state index is 0.0173. The number of rotatable bonds is 5. The van der Waals surface area contributed by atoms with E-state index in [-0.39, 0.29) is 12.5 Å². The van der Waals surface area contributed by atoms with Crippen molar-refractivity contribution >= 4 is 5.91 Å². The Morgan fingerprint density at radius 2 is 2.11 bits per heavy atom. The summed E-state index contributed by atoms with van der Waals surface area (Å²) in [5.41, 5.74) is 3.38. The van der Waals surface area contributed by atoms with Crippen molar-refractivity contribution in [3.05, 3.63) is 34.9 Å². The van der Waals surface area contributed by atoms with Crippen LogP contribution in [0.2, 0.25) is 0 Å². The Morgan fingerprint density at radius 3 is 2.79 bits per heavy atom. The number of carbonyl (C=O) groups is 1. The molecule has 1 atom stereocenters. The van der Waals surface area contributed by atoms with Crippen LogP contribution in [0.3, 0.4) is 0 Å². The van der Waals surface area contributed by atoms with E-state index in [1.54, 1.807) is 0 Å². The molecule has 1 aromatic rings. The Hall–Kier alpha value is -1.35. The van der Waals surface area contributed by atoms with Crippen molar-refractivity contribution in [2.45, 2.75) is 51.5 Å². The molecule has 0 fully saturated rings. The average Bonchev–Trinajstić information content (AvgIpc) is 2.85. The van der Waals surface area contributed by atoms with E-state index in [1.165, 1.54) is 24.0 Å². The molecular formula is C16H23NO2. The summed E-state index contributed by atoms with van der Waals surface area (Å²) in [6, 6.07) is 6.35. The lowest BCUT2D eigenvalue weighted by Crippen LogP contribution is -2.48. The third-order valence-electron chi connectivity index (χ3n) is 4.10. The maximum absolute atomic E-state index is 12.0. The average molecular weight is 261 g/mol. The van der Waals surface area contributed by atoms with Gasteiger partial charge in [-0.05, 0) is 49.3 Å². The third kappa shape index (κ3) is 3.35. The van der Waals surface area contributed by atoms with Crippen LogP contribution in [0, 0.1) is 0 Å². The Morgan fingerprint density at radius 1 is 1.37 bits per heavy atom. The Bertz CT molecular complexity index is 464. The number of fused-ring (bicyclic) bond motifs is 1. The van der Waals surface area contributed by atoms with Crippen LogP contribution >= 0.6 is 0 Å². The summed E-state index contributed by atoms with van der Waals surface area (Å²) in [5.74, 6) is -0.0173. The zero-order chi connectivity index (χ0) is 13.9. The highest BCUT2D eigenvalue weighted by Crippen LogP contribution is 2.23. The van der Waals surface area contributed by atoms with E-state index in [0.717, 1.165) is 18.4 Å². The van der Waals surface area contributed by atoms with Crippen LogP contribution in [-0.4, -0.2) is 23.2 Å². The molecule has 0 aliphatic heterocycles. The molecule has 0 bridgehead atoms. The number of aliphatic hydroxyl groups is 1. The fourth-order valence-electron chi connectivity index (χ4n) is 2.54. The normalized spacial score (nSPS) is 16.8. The summed E-state index contributed by atoms with van der Waals surface area (Å²) >= 11 is 0. The van der Waals surface area contributed by atoms with Crippen LogP contribution in [0.25, 0.3) is 0 Å². The Balaban J connectivity index is 1.99. The number of carbonyl (C=O) groups excluding carboxylic acids is 1. The molecule has 0 heterocycles. The molecule has 19 heavy (non-hydrogen) atoms. The first-order chi connectivity index (χ1) is 9.06. The maximum Gasteiger partial charge on any atom is 0.224 e. The fraction of sp³-hybridized carbons (Fsp3) is 0.562. The SMILES string of the molecule is CCC(C)(CO)NC(=O)Cc1ccc2c(c1)CCC2. The number of aryl methyl sites for hydroxylation is 2. The number of amides is 1. The summed E-state index contributed by atoms with van der Waals surface area (Å²) in [6.45, 7) is 3.80. The molecule has 0 saturated carbocycles. The van der Waals surface area contributed by atoms with Gasteiger partial charge in [-0.3, -0.25) is 4.79 Å². The predicted molar refractivity (Wildman–Crippen MR) is 76.1 cm³/mol. The lowest BCUT2D eigenvalue weighted by molar-refractivity contribution is -0.122. The first-order valence-electron chi connectivity index (χ1n) is 7.09. The summed E-state index contributed by atoms with van der Waals surface area (Å²) in [7, 11) is 0. The number of hydrogen-bond acceptors (Lipinski definition) is 2. The van der Waals surface area contributed by atoms with Gasteiger partial charge in [0.25, 0.3) is 0 Å². The smallest absolute Gasteiger partial charge is 0.224 e. The standard InChI is InChI=1S/C16H23NO2/c1-3-16(2,11-18)17-15(19)10-12-7-8-13-5-4-6-14(13)9-12/h7-9,18H,3-6,10-11H2,1-2H3,(H,17,19). The van der Waals surface area contributed by atoms with Crippen molar-refractivity contribution in [2.24, 2.45) is 0 Å². The van der Waals surface area contributed by atoms with Crippen LogP contribution in [-0.2, 0) is 24.1 Å². The second-order valence-electron chi connectivity index (χ2n) is 5.75. The molecule has 2 rings (SSSR count). The zero-order valence-corrected chi connectivity index (χ0v) is 11.8. The van der Waals surface area contributed by atoms with Crippen LogP contribution in [0.4, 0.5) is 0 Å². The van der Waals surface area contributed by atoms with Crippen molar-refractivity contribution in [3.8, 4) is 0 Å². The lowest BCUT2D eigenvalue weighted by Gasteiger charge is -2.27. The van der Waals surface area contributed by atoms with Gasteiger partial charge < -0.3 is 10.4 Å². The van der Waals surface area contributed by atoms with Gasteiger partial charge in [0, 0.05) is 0 Å².